The van der Waals surface area contributed by atoms with Gasteiger partial charge in [0.15, 0.2) is 0 Å². The maximum Gasteiger partial charge on any atom is 0.249 e. The molecule has 1 amide bonds. The monoisotopic (exact) mass is 381 g/mol. The van der Waals surface area contributed by atoms with Gasteiger partial charge in [0.2, 0.25) is 17.6 Å². The number of hydrogen-bond acceptors (Lipinski definition) is 4. The van der Waals surface area contributed by atoms with E-state index in [-0.39, 0.29) is 11.9 Å². The van der Waals surface area contributed by atoms with E-state index in [2.05, 4.69) is 10.1 Å². The molecule has 1 aliphatic heterocycles. The average molecular weight is 382 g/mol. The minimum atomic E-state index is -0.156. The van der Waals surface area contributed by atoms with Crippen LogP contribution in [-0.2, 0) is 11.2 Å². The van der Waals surface area contributed by atoms with Crippen LogP contribution in [0.2, 0.25) is 5.02 Å². The van der Waals surface area contributed by atoms with Crippen LogP contribution < -0.4 is 0 Å². The van der Waals surface area contributed by atoms with Crippen molar-refractivity contribution in [3.05, 3.63) is 71.1 Å². The molecule has 0 bridgehead atoms. The smallest absolute Gasteiger partial charge is 0.249 e. The van der Waals surface area contributed by atoms with Crippen LogP contribution in [0.3, 0.4) is 0 Å². The molecule has 1 fully saturated rings. The first-order valence-corrected chi connectivity index (χ1v) is 9.52. The summed E-state index contributed by atoms with van der Waals surface area (Å²) in [5, 5.41) is 4.65. The van der Waals surface area contributed by atoms with Gasteiger partial charge in [0.25, 0.3) is 0 Å². The third-order valence-corrected chi connectivity index (χ3v) is 5.21. The van der Waals surface area contributed by atoms with Gasteiger partial charge >= 0.3 is 0 Å². The third kappa shape index (κ3) is 3.88. The molecule has 2 heterocycles. The number of benzene rings is 2. The van der Waals surface area contributed by atoms with Crippen molar-refractivity contribution in [3.63, 3.8) is 0 Å². The molecular formula is C21H20ClN3O2. The quantitative estimate of drug-likeness (QED) is 0.643. The zero-order valence-corrected chi connectivity index (χ0v) is 15.6. The van der Waals surface area contributed by atoms with E-state index in [1.54, 1.807) is 6.07 Å². The van der Waals surface area contributed by atoms with Gasteiger partial charge in [0, 0.05) is 18.5 Å². The van der Waals surface area contributed by atoms with E-state index in [9.17, 15) is 4.79 Å². The van der Waals surface area contributed by atoms with Crippen LogP contribution in [0.5, 0.6) is 0 Å². The van der Waals surface area contributed by atoms with Crippen LogP contribution in [0.4, 0.5) is 0 Å². The summed E-state index contributed by atoms with van der Waals surface area (Å²) < 4.78 is 5.49. The first-order valence-electron chi connectivity index (χ1n) is 9.14. The SMILES string of the molecule is O=C(CCc1ccccc1)N1CCC[C@H]1c1nc(-c2ccccc2Cl)no1. The number of hydrogen-bond donors (Lipinski definition) is 0. The van der Waals surface area contributed by atoms with E-state index in [0.29, 0.717) is 23.2 Å². The van der Waals surface area contributed by atoms with Gasteiger partial charge in [0.05, 0.1) is 5.02 Å². The second-order valence-electron chi connectivity index (χ2n) is 6.67. The Morgan fingerprint density at radius 3 is 2.74 bits per heavy atom. The fourth-order valence-corrected chi connectivity index (χ4v) is 3.70. The zero-order chi connectivity index (χ0) is 18.6. The van der Waals surface area contributed by atoms with Gasteiger partial charge < -0.3 is 9.42 Å². The minimum absolute atomic E-state index is 0.124. The van der Waals surface area contributed by atoms with Crippen LogP contribution in [0.25, 0.3) is 11.4 Å². The fraction of sp³-hybridized carbons (Fsp3) is 0.286. The van der Waals surface area contributed by atoms with Crippen LogP contribution in [0, 0.1) is 0 Å². The second kappa shape index (κ2) is 7.92. The number of amides is 1. The molecule has 1 aliphatic rings. The van der Waals surface area contributed by atoms with Crippen molar-refractivity contribution in [3.8, 4) is 11.4 Å². The lowest BCUT2D eigenvalue weighted by Crippen LogP contribution is -2.30. The summed E-state index contributed by atoms with van der Waals surface area (Å²) in [6.45, 7) is 0.724. The van der Waals surface area contributed by atoms with Gasteiger partial charge in [-0.1, -0.05) is 59.2 Å². The lowest BCUT2D eigenvalue weighted by atomic mass is 10.1. The Morgan fingerprint density at radius 1 is 1.15 bits per heavy atom. The van der Waals surface area contributed by atoms with Gasteiger partial charge in [-0.25, -0.2) is 0 Å². The van der Waals surface area contributed by atoms with Gasteiger partial charge in [-0.2, -0.15) is 4.98 Å². The van der Waals surface area contributed by atoms with Crippen molar-refractivity contribution in [1.82, 2.24) is 15.0 Å². The Morgan fingerprint density at radius 2 is 1.93 bits per heavy atom. The minimum Gasteiger partial charge on any atom is -0.337 e. The first kappa shape index (κ1) is 17.7. The van der Waals surface area contributed by atoms with Crippen LogP contribution in [0.15, 0.2) is 59.1 Å². The van der Waals surface area contributed by atoms with E-state index in [1.807, 2.05) is 53.4 Å². The van der Waals surface area contributed by atoms with E-state index < -0.39 is 0 Å². The van der Waals surface area contributed by atoms with Gasteiger partial charge in [-0.15, -0.1) is 0 Å². The molecule has 138 valence electrons. The number of carbonyl (C=O) groups excluding carboxylic acids is 1. The van der Waals surface area contributed by atoms with Crippen molar-refractivity contribution >= 4 is 17.5 Å². The molecule has 5 nitrogen and oxygen atoms in total. The molecule has 4 rings (SSSR count). The van der Waals surface area contributed by atoms with Crippen molar-refractivity contribution < 1.29 is 9.32 Å². The topological polar surface area (TPSA) is 59.2 Å². The molecule has 6 heteroatoms. The molecule has 3 aromatic rings. The lowest BCUT2D eigenvalue weighted by Gasteiger charge is -2.21. The first-order chi connectivity index (χ1) is 13.2. The summed E-state index contributed by atoms with van der Waals surface area (Å²) >= 11 is 6.22. The molecule has 2 aromatic carbocycles. The molecular weight excluding hydrogens is 362 g/mol. The molecule has 1 saturated heterocycles. The summed E-state index contributed by atoms with van der Waals surface area (Å²) in [6, 6.07) is 17.3. The maximum atomic E-state index is 12.7. The fourth-order valence-electron chi connectivity index (χ4n) is 3.48. The van der Waals surface area contributed by atoms with Crippen LogP contribution in [-0.4, -0.2) is 27.5 Å². The van der Waals surface area contributed by atoms with Gasteiger partial charge in [-0.3, -0.25) is 4.79 Å². The van der Waals surface area contributed by atoms with Gasteiger partial charge in [0.1, 0.15) is 6.04 Å². The van der Waals surface area contributed by atoms with Crippen molar-refractivity contribution in [2.45, 2.75) is 31.7 Å². The standard InChI is InChI=1S/C21H20ClN3O2/c22-17-10-5-4-9-16(17)20-23-21(27-24-20)18-11-6-14-25(18)19(26)13-12-15-7-2-1-3-8-15/h1-5,7-10,18H,6,11-14H2/t18-/m0/s1. The Hall–Kier alpha value is -2.66. The second-order valence-corrected chi connectivity index (χ2v) is 7.07. The van der Waals surface area contributed by atoms with E-state index in [1.165, 1.54) is 5.56 Å². The average Bonchev–Trinajstić information content (AvgIpc) is 3.36. The predicted octanol–water partition coefficient (Wildman–Crippen LogP) is 4.69. The number of carbonyl (C=O) groups is 1. The summed E-state index contributed by atoms with van der Waals surface area (Å²) in [6.07, 6.45) is 2.98. The predicted molar refractivity (Wildman–Crippen MR) is 103 cm³/mol. The Kier molecular flexibility index (Phi) is 5.21. The highest BCUT2D eigenvalue weighted by atomic mass is 35.5. The maximum absolute atomic E-state index is 12.7. The molecule has 1 atom stereocenters. The number of halogens is 1. The zero-order valence-electron chi connectivity index (χ0n) is 14.8. The Bertz CT molecular complexity index is 926. The largest absolute Gasteiger partial charge is 0.337 e. The molecule has 0 spiro atoms. The summed E-state index contributed by atoms with van der Waals surface area (Å²) in [5.74, 6) is 1.06. The Labute approximate surface area is 163 Å². The molecule has 0 radical (unpaired) electrons. The number of nitrogens with zero attached hydrogens (tertiary/aromatic N) is 3. The number of aromatic nitrogens is 2. The molecule has 0 N–H and O–H groups in total. The molecule has 1 aromatic heterocycles. The number of rotatable bonds is 5. The third-order valence-electron chi connectivity index (χ3n) is 4.89. The normalized spacial score (nSPS) is 16.6. The van der Waals surface area contributed by atoms with Crippen LogP contribution >= 0.6 is 11.6 Å². The summed E-state index contributed by atoms with van der Waals surface area (Å²) in [5.41, 5.74) is 1.90. The van der Waals surface area contributed by atoms with Crippen molar-refractivity contribution in [2.75, 3.05) is 6.54 Å². The van der Waals surface area contributed by atoms with Gasteiger partial charge in [-0.05, 0) is 37.0 Å². The summed E-state index contributed by atoms with van der Waals surface area (Å²) in [4.78, 5) is 19.1. The van der Waals surface area contributed by atoms with E-state index in [0.717, 1.165) is 31.4 Å². The van der Waals surface area contributed by atoms with Crippen LogP contribution in [0.1, 0.15) is 36.8 Å². The van der Waals surface area contributed by atoms with E-state index >= 15 is 0 Å². The molecule has 0 unspecified atom stereocenters. The number of aryl methyl sites for hydroxylation is 1. The lowest BCUT2D eigenvalue weighted by molar-refractivity contribution is -0.132. The molecule has 0 saturated carbocycles. The van der Waals surface area contributed by atoms with E-state index in [4.69, 9.17) is 16.1 Å². The highest BCUT2D eigenvalue weighted by Crippen LogP contribution is 2.33. The number of likely N-dealkylation sites (tertiary alicyclic amines) is 1. The highest BCUT2D eigenvalue weighted by Gasteiger charge is 2.33. The van der Waals surface area contributed by atoms with Crippen molar-refractivity contribution in [1.29, 1.82) is 0 Å². The molecule has 0 aliphatic carbocycles. The molecule has 27 heavy (non-hydrogen) atoms. The highest BCUT2D eigenvalue weighted by molar-refractivity contribution is 6.33. The van der Waals surface area contributed by atoms with Crippen molar-refractivity contribution in [2.24, 2.45) is 0 Å². The summed E-state index contributed by atoms with van der Waals surface area (Å²) in [7, 11) is 0. The Balaban J connectivity index is 1.47.